The van der Waals surface area contributed by atoms with Crippen LogP contribution in [0.25, 0.3) is 0 Å². The van der Waals surface area contributed by atoms with E-state index in [1.54, 1.807) is 30.3 Å². The molecule has 3 N–H and O–H groups in total. The van der Waals surface area contributed by atoms with E-state index in [1.807, 2.05) is 0 Å². The highest BCUT2D eigenvalue weighted by molar-refractivity contribution is 6.11. The van der Waals surface area contributed by atoms with Gasteiger partial charge in [-0.25, -0.2) is 9.59 Å². The second-order valence-corrected chi connectivity index (χ2v) is 4.16. The average molecular weight is 285 g/mol. The van der Waals surface area contributed by atoms with Crippen LogP contribution in [0.3, 0.4) is 0 Å². The highest BCUT2D eigenvalue weighted by Crippen LogP contribution is 2.21. The van der Waals surface area contributed by atoms with Gasteiger partial charge in [0.05, 0.1) is 16.8 Å². The number of carboxylic acid groups (broad SMARTS) is 2. The van der Waals surface area contributed by atoms with Gasteiger partial charge >= 0.3 is 11.9 Å². The maximum absolute atomic E-state index is 12.0. The summed E-state index contributed by atoms with van der Waals surface area (Å²) in [6.45, 7) is 0. The number of carbonyl (C=O) groups excluding carboxylic acids is 1. The van der Waals surface area contributed by atoms with Crippen LogP contribution in [-0.2, 0) is 0 Å². The van der Waals surface area contributed by atoms with Crippen molar-refractivity contribution in [2.45, 2.75) is 0 Å². The van der Waals surface area contributed by atoms with Gasteiger partial charge in [0.15, 0.2) is 0 Å². The summed E-state index contributed by atoms with van der Waals surface area (Å²) in [6.07, 6.45) is 0. The lowest BCUT2D eigenvalue weighted by atomic mass is 10.0. The summed E-state index contributed by atoms with van der Waals surface area (Å²) in [7, 11) is 0. The first kappa shape index (κ1) is 14.3. The summed E-state index contributed by atoms with van der Waals surface area (Å²) < 4.78 is 0. The van der Waals surface area contributed by atoms with Crippen molar-refractivity contribution in [2.24, 2.45) is 0 Å². The summed E-state index contributed by atoms with van der Waals surface area (Å²) in [5, 5.41) is 20.6. The minimum atomic E-state index is -1.42. The van der Waals surface area contributed by atoms with Gasteiger partial charge in [0.2, 0.25) is 0 Å². The fourth-order valence-corrected chi connectivity index (χ4v) is 1.85. The largest absolute Gasteiger partial charge is 0.478 e. The zero-order chi connectivity index (χ0) is 15.4. The van der Waals surface area contributed by atoms with Gasteiger partial charge in [-0.15, -0.1) is 0 Å². The molecule has 6 heteroatoms. The lowest BCUT2D eigenvalue weighted by Crippen LogP contribution is -2.17. The molecule has 0 atom stereocenters. The minimum Gasteiger partial charge on any atom is -0.478 e. The first-order valence-electron chi connectivity index (χ1n) is 5.96. The molecule has 0 fully saturated rings. The standard InChI is InChI=1S/C15H11NO5/c17-13(9-5-2-1-3-6-9)16-11-8-4-7-10(14(18)19)12(11)15(20)21/h1-8H,(H,16,17)(H,18,19)(H,20,21). The molecule has 0 bridgehead atoms. The molecule has 21 heavy (non-hydrogen) atoms. The van der Waals surface area contributed by atoms with Crippen LogP contribution in [0.5, 0.6) is 0 Å². The molecule has 0 spiro atoms. The number of hydrogen-bond donors (Lipinski definition) is 3. The molecular weight excluding hydrogens is 274 g/mol. The molecule has 1 amide bonds. The summed E-state index contributed by atoms with van der Waals surface area (Å²) in [4.78, 5) is 34.3. The Morgan fingerprint density at radius 2 is 1.48 bits per heavy atom. The van der Waals surface area contributed by atoms with Crippen LogP contribution in [-0.4, -0.2) is 28.1 Å². The molecule has 0 saturated heterocycles. The van der Waals surface area contributed by atoms with Crippen LogP contribution >= 0.6 is 0 Å². The molecule has 0 saturated carbocycles. The Kier molecular flexibility index (Phi) is 3.99. The van der Waals surface area contributed by atoms with Crippen LogP contribution in [0.4, 0.5) is 5.69 Å². The topological polar surface area (TPSA) is 104 Å². The van der Waals surface area contributed by atoms with Crippen molar-refractivity contribution >= 4 is 23.5 Å². The molecule has 106 valence electrons. The van der Waals surface area contributed by atoms with E-state index in [0.717, 1.165) is 0 Å². The van der Waals surface area contributed by atoms with E-state index < -0.39 is 23.4 Å². The van der Waals surface area contributed by atoms with Gasteiger partial charge in [0.25, 0.3) is 5.91 Å². The summed E-state index contributed by atoms with van der Waals surface area (Å²) >= 11 is 0. The van der Waals surface area contributed by atoms with Crippen molar-refractivity contribution < 1.29 is 24.6 Å². The molecule has 0 radical (unpaired) electrons. The Labute approximate surface area is 119 Å². The number of amides is 1. The Morgan fingerprint density at radius 1 is 0.810 bits per heavy atom. The third-order valence-electron chi connectivity index (χ3n) is 2.79. The van der Waals surface area contributed by atoms with Gasteiger partial charge < -0.3 is 15.5 Å². The Balaban J connectivity index is 2.41. The van der Waals surface area contributed by atoms with Gasteiger partial charge in [0, 0.05) is 5.56 Å². The number of anilines is 1. The number of benzene rings is 2. The molecule has 2 aromatic carbocycles. The zero-order valence-corrected chi connectivity index (χ0v) is 10.7. The van der Waals surface area contributed by atoms with E-state index in [9.17, 15) is 14.4 Å². The highest BCUT2D eigenvalue weighted by Gasteiger charge is 2.21. The second kappa shape index (κ2) is 5.87. The third-order valence-corrected chi connectivity index (χ3v) is 2.79. The van der Waals surface area contributed by atoms with Crippen molar-refractivity contribution in [2.75, 3.05) is 5.32 Å². The maximum Gasteiger partial charge on any atom is 0.338 e. The van der Waals surface area contributed by atoms with Crippen molar-refractivity contribution in [3.8, 4) is 0 Å². The molecule has 0 aliphatic heterocycles. The highest BCUT2D eigenvalue weighted by atomic mass is 16.4. The van der Waals surface area contributed by atoms with Crippen LogP contribution in [0.2, 0.25) is 0 Å². The number of carboxylic acids is 2. The lowest BCUT2D eigenvalue weighted by molar-refractivity contribution is 0.0652. The van der Waals surface area contributed by atoms with Gasteiger partial charge in [-0.1, -0.05) is 24.3 Å². The molecule has 0 heterocycles. The normalized spacial score (nSPS) is 9.90. The summed E-state index contributed by atoms with van der Waals surface area (Å²) in [6, 6.07) is 12.1. The summed E-state index contributed by atoms with van der Waals surface area (Å²) in [5.41, 5.74) is -0.548. The van der Waals surface area contributed by atoms with Crippen LogP contribution < -0.4 is 5.32 Å². The summed E-state index contributed by atoms with van der Waals surface area (Å²) in [5.74, 6) is -3.31. The minimum absolute atomic E-state index is 0.0590. The van der Waals surface area contributed by atoms with E-state index in [4.69, 9.17) is 10.2 Å². The number of nitrogens with one attached hydrogen (secondary N) is 1. The molecule has 0 aliphatic carbocycles. The second-order valence-electron chi connectivity index (χ2n) is 4.16. The smallest absolute Gasteiger partial charge is 0.338 e. The fourth-order valence-electron chi connectivity index (χ4n) is 1.85. The maximum atomic E-state index is 12.0. The fraction of sp³-hybridized carbons (Fsp3) is 0. The van der Waals surface area contributed by atoms with Gasteiger partial charge in [-0.3, -0.25) is 4.79 Å². The number of hydrogen-bond acceptors (Lipinski definition) is 3. The molecule has 2 rings (SSSR count). The Bertz CT molecular complexity index is 709. The van der Waals surface area contributed by atoms with Crippen molar-refractivity contribution in [1.29, 1.82) is 0 Å². The van der Waals surface area contributed by atoms with Gasteiger partial charge in [0.1, 0.15) is 0 Å². The lowest BCUT2D eigenvalue weighted by Gasteiger charge is -2.10. The Hall–Kier alpha value is -3.15. The van der Waals surface area contributed by atoms with Crippen LogP contribution in [0, 0.1) is 0 Å². The van der Waals surface area contributed by atoms with E-state index in [2.05, 4.69) is 5.32 Å². The SMILES string of the molecule is O=C(Nc1cccc(C(=O)O)c1C(=O)O)c1ccccc1. The van der Waals surface area contributed by atoms with E-state index in [0.29, 0.717) is 5.56 Å². The van der Waals surface area contributed by atoms with E-state index in [1.165, 1.54) is 18.2 Å². The molecule has 0 aromatic heterocycles. The predicted octanol–water partition coefficient (Wildman–Crippen LogP) is 2.34. The number of carbonyl (C=O) groups is 3. The van der Waals surface area contributed by atoms with Crippen molar-refractivity contribution in [1.82, 2.24) is 0 Å². The number of rotatable bonds is 4. The zero-order valence-electron chi connectivity index (χ0n) is 10.7. The average Bonchev–Trinajstić information content (AvgIpc) is 2.47. The van der Waals surface area contributed by atoms with Gasteiger partial charge in [-0.05, 0) is 24.3 Å². The van der Waals surface area contributed by atoms with Crippen LogP contribution in [0.15, 0.2) is 48.5 Å². The van der Waals surface area contributed by atoms with E-state index in [-0.39, 0.29) is 11.3 Å². The van der Waals surface area contributed by atoms with E-state index >= 15 is 0 Å². The van der Waals surface area contributed by atoms with Crippen molar-refractivity contribution in [3.05, 3.63) is 65.2 Å². The quantitative estimate of drug-likeness (QED) is 0.799. The van der Waals surface area contributed by atoms with Gasteiger partial charge in [-0.2, -0.15) is 0 Å². The molecular formula is C15H11NO5. The number of aromatic carboxylic acids is 2. The first-order valence-corrected chi connectivity index (χ1v) is 5.96. The molecule has 2 aromatic rings. The predicted molar refractivity (Wildman–Crippen MR) is 74.8 cm³/mol. The third kappa shape index (κ3) is 3.06. The van der Waals surface area contributed by atoms with Crippen molar-refractivity contribution in [3.63, 3.8) is 0 Å². The molecule has 0 aliphatic rings. The monoisotopic (exact) mass is 285 g/mol. The molecule has 0 unspecified atom stereocenters. The molecule has 6 nitrogen and oxygen atoms in total. The Morgan fingerprint density at radius 3 is 2.05 bits per heavy atom. The van der Waals surface area contributed by atoms with Crippen LogP contribution in [0.1, 0.15) is 31.1 Å². The first-order chi connectivity index (χ1) is 10.0.